The predicted molar refractivity (Wildman–Crippen MR) is 54.3 cm³/mol. The van der Waals surface area contributed by atoms with Gasteiger partial charge in [-0.15, -0.1) is 0 Å². The minimum atomic E-state index is -1.53. The molecule has 5 heteroatoms. The molecule has 0 bridgehead atoms. The molecule has 5 nitrogen and oxygen atoms in total. The maximum Gasteiger partial charge on any atom is 0.338 e. The van der Waals surface area contributed by atoms with Crippen LogP contribution in [-0.4, -0.2) is 47.6 Å². The fourth-order valence-corrected chi connectivity index (χ4v) is 1.59. The molecule has 0 spiro atoms. The van der Waals surface area contributed by atoms with E-state index >= 15 is 0 Å². The number of carbonyl (C=O) groups is 1. The van der Waals surface area contributed by atoms with Crippen LogP contribution in [0.15, 0.2) is 0 Å². The highest BCUT2D eigenvalue weighted by Gasteiger charge is 2.36. The number of ether oxygens (including phenoxy) is 1. The fraction of sp³-hybridized carbons (Fsp3) is 0.900. The molecule has 1 unspecified atom stereocenters. The fourth-order valence-electron chi connectivity index (χ4n) is 1.59. The average Bonchev–Trinajstić information content (AvgIpc) is 2.13. The lowest BCUT2D eigenvalue weighted by molar-refractivity contribution is -0.160. The van der Waals surface area contributed by atoms with Crippen LogP contribution in [0.25, 0.3) is 0 Å². The molecule has 1 aliphatic carbocycles. The number of aliphatic hydroxyl groups is 2. The summed E-state index contributed by atoms with van der Waals surface area (Å²) in [5.41, 5.74) is -2.18. The summed E-state index contributed by atoms with van der Waals surface area (Å²) in [6.45, 7) is 1.87. The molecule has 0 aliphatic heterocycles. The van der Waals surface area contributed by atoms with Crippen LogP contribution in [-0.2, 0) is 9.53 Å². The average molecular weight is 217 g/mol. The Morgan fingerprint density at radius 2 is 2.20 bits per heavy atom. The minimum Gasteiger partial charge on any atom is -0.467 e. The molecule has 3 N–H and O–H groups in total. The summed E-state index contributed by atoms with van der Waals surface area (Å²) in [5.74, 6) is -0.671. The number of hydrogen-bond donors (Lipinski definition) is 3. The molecule has 0 radical (unpaired) electrons. The Morgan fingerprint density at radius 3 is 2.60 bits per heavy atom. The molecule has 0 amide bonds. The van der Waals surface area contributed by atoms with Gasteiger partial charge in [-0.3, -0.25) is 0 Å². The Kier molecular flexibility index (Phi) is 3.70. The van der Waals surface area contributed by atoms with E-state index in [1.807, 2.05) is 0 Å². The molecule has 1 atom stereocenters. The first kappa shape index (κ1) is 12.4. The summed E-state index contributed by atoms with van der Waals surface area (Å²) in [6, 6.07) is 0. The molecular weight excluding hydrogens is 198 g/mol. The number of rotatable bonds is 5. The van der Waals surface area contributed by atoms with Crippen molar-refractivity contribution in [3.63, 3.8) is 0 Å². The monoisotopic (exact) mass is 217 g/mol. The van der Waals surface area contributed by atoms with Gasteiger partial charge < -0.3 is 20.3 Å². The Bertz CT molecular complexity index is 236. The van der Waals surface area contributed by atoms with Crippen molar-refractivity contribution in [3.05, 3.63) is 0 Å². The lowest BCUT2D eigenvalue weighted by Gasteiger charge is -2.37. The van der Waals surface area contributed by atoms with E-state index in [1.165, 1.54) is 14.0 Å². The summed E-state index contributed by atoms with van der Waals surface area (Å²) in [7, 11) is 1.23. The molecule has 88 valence electrons. The Balaban J connectivity index is 2.26. The zero-order chi connectivity index (χ0) is 11.5. The quantitative estimate of drug-likeness (QED) is 0.537. The largest absolute Gasteiger partial charge is 0.467 e. The lowest BCUT2D eigenvalue weighted by Crippen LogP contribution is -2.52. The van der Waals surface area contributed by atoms with Gasteiger partial charge in [0, 0.05) is 13.1 Å². The van der Waals surface area contributed by atoms with Gasteiger partial charge in [-0.2, -0.15) is 0 Å². The zero-order valence-corrected chi connectivity index (χ0v) is 9.25. The van der Waals surface area contributed by atoms with Gasteiger partial charge in [0.25, 0.3) is 0 Å². The van der Waals surface area contributed by atoms with E-state index in [9.17, 15) is 15.0 Å². The third-order valence-corrected chi connectivity index (χ3v) is 2.83. The molecule has 1 rings (SSSR count). The Morgan fingerprint density at radius 1 is 1.60 bits per heavy atom. The topological polar surface area (TPSA) is 78.8 Å². The van der Waals surface area contributed by atoms with E-state index in [-0.39, 0.29) is 6.54 Å². The predicted octanol–water partition coefficient (Wildman–Crippen LogP) is -0.585. The Labute approximate surface area is 89.4 Å². The standard InChI is InChI=1S/C10H19NO4/c1-9(13,8(12)15-2)6-11-7-10(14)4-3-5-10/h11,13-14H,3-7H2,1-2H3. The summed E-state index contributed by atoms with van der Waals surface area (Å²) >= 11 is 0. The van der Waals surface area contributed by atoms with Crippen LogP contribution in [0.1, 0.15) is 26.2 Å². The molecule has 0 aromatic heterocycles. The lowest BCUT2D eigenvalue weighted by atomic mass is 9.80. The first-order valence-electron chi connectivity index (χ1n) is 5.14. The first-order valence-corrected chi connectivity index (χ1v) is 5.14. The molecule has 1 saturated carbocycles. The second-order valence-corrected chi connectivity index (χ2v) is 4.45. The van der Waals surface area contributed by atoms with Gasteiger partial charge in [0.1, 0.15) is 0 Å². The molecular formula is C10H19NO4. The van der Waals surface area contributed by atoms with Gasteiger partial charge in [-0.1, -0.05) is 0 Å². The normalized spacial score (nSPS) is 22.7. The molecule has 0 saturated heterocycles. The van der Waals surface area contributed by atoms with Gasteiger partial charge in [-0.25, -0.2) is 4.79 Å². The maximum atomic E-state index is 11.1. The summed E-state index contributed by atoms with van der Waals surface area (Å²) in [6.07, 6.45) is 2.59. The molecule has 0 heterocycles. The molecule has 1 fully saturated rings. The van der Waals surface area contributed by atoms with Crippen LogP contribution in [0.2, 0.25) is 0 Å². The highest BCUT2D eigenvalue weighted by atomic mass is 16.5. The van der Waals surface area contributed by atoms with Crippen molar-refractivity contribution in [2.75, 3.05) is 20.2 Å². The molecule has 1 aliphatic rings. The summed E-state index contributed by atoms with van der Waals surface area (Å²) < 4.78 is 4.45. The maximum absolute atomic E-state index is 11.1. The van der Waals surface area contributed by atoms with Gasteiger partial charge in [-0.05, 0) is 26.2 Å². The third kappa shape index (κ3) is 3.15. The van der Waals surface area contributed by atoms with Gasteiger partial charge in [0.15, 0.2) is 5.60 Å². The van der Waals surface area contributed by atoms with Crippen molar-refractivity contribution in [2.45, 2.75) is 37.4 Å². The second kappa shape index (κ2) is 4.47. The minimum absolute atomic E-state index is 0.0853. The molecule has 15 heavy (non-hydrogen) atoms. The molecule has 0 aromatic rings. The van der Waals surface area contributed by atoms with Crippen molar-refractivity contribution in [2.24, 2.45) is 0 Å². The summed E-state index contributed by atoms with van der Waals surface area (Å²) in [5, 5.41) is 22.3. The van der Waals surface area contributed by atoms with E-state index in [4.69, 9.17) is 0 Å². The number of methoxy groups -OCH3 is 1. The van der Waals surface area contributed by atoms with E-state index in [2.05, 4.69) is 10.1 Å². The van der Waals surface area contributed by atoms with Crippen molar-refractivity contribution in [1.82, 2.24) is 5.32 Å². The van der Waals surface area contributed by atoms with Crippen LogP contribution in [0.3, 0.4) is 0 Å². The number of hydrogen-bond acceptors (Lipinski definition) is 5. The van der Waals surface area contributed by atoms with Crippen LogP contribution < -0.4 is 5.32 Å². The van der Waals surface area contributed by atoms with E-state index in [0.717, 1.165) is 19.3 Å². The SMILES string of the molecule is COC(=O)C(C)(O)CNCC1(O)CCC1. The highest BCUT2D eigenvalue weighted by molar-refractivity contribution is 5.78. The van der Waals surface area contributed by atoms with E-state index in [0.29, 0.717) is 6.54 Å². The van der Waals surface area contributed by atoms with Crippen LogP contribution in [0.5, 0.6) is 0 Å². The first-order chi connectivity index (χ1) is 6.90. The van der Waals surface area contributed by atoms with E-state index < -0.39 is 17.2 Å². The van der Waals surface area contributed by atoms with Gasteiger partial charge in [0.2, 0.25) is 0 Å². The van der Waals surface area contributed by atoms with E-state index in [1.54, 1.807) is 0 Å². The smallest absolute Gasteiger partial charge is 0.338 e. The van der Waals surface area contributed by atoms with Crippen LogP contribution in [0.4, 0.5) is 0 Å². The number of carbonyl (C=O) groups excluding carboxylic acids is 1. The van der Waals surface area contributed by atoms with Crippen LogP contribution in [0, 0.1) is 0 Å². The van der Waals surface area contributed by atoms with Crippen molar-refractivity contribution in [3.8, 4) is 0 Å². The van der Waals surface area contributed by atoms with Crippen molar-refractivity contribution in [1.29, 1.82) is 0 Å². The van der Waals surface area contributed by atoms with Crippen LogP contribution >= 0.6 is 0 Å². The zero-order valence-electron chi connectivity index (χ0n) is 9.25. The van der Waals surface area contributed by atoms with Gasteiger partial charge >= 0.3 is 5.97 Å². The summed E-state index contributed by atoms with van der Waals surface area (Å²) in [4.78, 5) is 11.1. The highest BCUT2D eigenvalue weighted by Crippen LogP contribution is 2.30. The van der Waals surface area contributed by atoms with Crippen molar-refractivity contribution >= 4 is 5.97 Å². The van der Waals surface area contributed by atoms with Crippen molar-refractivity contribution < 1.29 is 19.7 Å². The third-order valence-electron chi connectivity index (χ3n) is 2.83. The number of nitrogens with one attached hydrogen (secondary N) is 1. The Hall–Kier alpha value is -0.650. The van der Waals surface area contributed by atoms with Gasteiger partial charge in [0.05, 0.1) is 12.7 Å². The molecule has 0 aromatic carbocycles. The second-order valence-electron chi connectivity index (χ2n) is 4.45. The number of esters is 1.